The molecule has 1 unspecified atom stereocenters. The van der Waals surface area contributed by atoms with E-state index in [2.05, 4.69) is 20.2 Å². The molecule has 2 aromatic carbocycles. The summed E-state index contributed by atoms with van der Waals surface area (Å²) < 4.78 is 7.76. The maximum Gasteiger partial charge on any atom is 0.415 e. The van der Waals surface area contributed by atoms with Crippen LogP contribution in [0.2, 0.25) is 0 Å². The molecule has 3 rings (SSSR count). The first-order chi connectivity index (χ1) is 17.0. The van der Waals surface area contributed by atoms with Crippen molar-refractivity contribution in [3.8, 4) is 11.1 Å². The van der Waals surface area contributed by atoms with E-state index in [9.17, 15) is 14.4 Å². The van der Waals surface area contributed by atoms with Crippen molar-refractivity contribution in [2.75, 3.05) is 40.0 Å². The van der Waals surface area contributed by atoms with Gasteiger partial charge >= 0.3 is 6.09 Å². The lowest BCUT2D eigenvalue weighted by Crippen LogP contribution is -2.26. The Morgan fingerprint density at radius 3 is 2.51 bits per heavy atom. The van der Waals surface area contributed by atoms with Gasteiger partial charge in [-0.1, -0.05) is 36.4 Å². The number of amides is 2. The second kappa shape index (κ2) is 15.5. The summed E-state index contributed by atoms with van der Waals surface area (Å²) in [5.41, 5.74) is 5.54. The molecule has 35 heavy (non-hydrogen) atoms. The molecule has 0 aliphatic heterocycles. The maximum atomic E-state index is 11.7. The third kappa shape index (κ3) is 8.27. The van der Waals surface area contributed by atoms with Crippen molar-refractivity contribution in [2.45, 2.75) is 25.2 Å². The number of fused-ring (bicyclic) bond motifs is 3. The molecular formula is C25H32IN3O6. The molecule has 9 nitrogen and oxygen atoms in total. The molecule has 0 fully saturated rings. The second-order valence-corrected chi connectivity index (χ2v) is 8.39. The Morgan fingerprint density at radius 2 is 1.89 bits per heavy atom. The number of nitrogens with one attached hydrogen (secondary N) is 3. The van der Waals surface area contributed by atoms with Crippen molar-refractivity contribution in [3.05, 3.63) is 58.7 Å². The van der Waals surface area contributed by atoms with Gasteiger partial charge in [-0.05, 0) is 47.7 Å². The molecule has 0 saturated heterocycles. The first-order valence-electron chi connectivity index (χ1n) is 11.4. The lowest BCUT2D eigenvalue weighted by molar-refractivity contribution is -0.121. The van der Waals surface area contributed by atoms with Gasteiger partial charge < -0.3 is 25.6 Å². The van der Waals surface area contributed by atoms with Crippen LogP contribution < -0.4 is 14.2 Å². The van der Waals surface area contributed by atoms with E-state index in [1.807, 2.05) is 24.3 Å². The molecule has 0 radical (unpaired) electrons. The number of carbonyl (C=O) groups excluding carboxylic acids is 3. The largest absolute Gasteiger partial charge is 0.448 e. The van der Waals surface area contributed by atoms with E-state index in [1.54, 1.807) is 36.0 Å². The zero-order chi connectivity index (χ0) is 25.6. The van der Waals surface area contributed by atoms with E-state index >= 15 is 0 Å². The number of aryl methyl sites for hydroxylation is 1. The minimum Gasteiger partial charge on any atom is -0.448 e. The molecule has 190 valence electrons. The van der Waals surface area contributed by atoms with Crippen LogP contribution in [0.1, 0.15) is 45.8 Å². The Morgan fingerprint density at radius 1 is 1.11 bits per heavy atom. The lowest BCUT2D eigenvalue weighted by atomic mass is 9.95. The molecule has 2 amide bonds. The molecule has 0 heterocycles. The highest BCUT2D eigenvalue weighted by atomic mass is 127. The number of rotatable bonds is 11. The minimum atomic E-state index is -0.512. The molecule has 0 aromatic heterocycles. The summed E-state index contributed by atoms with van der Waals surface area (Å²) in [7, 11) is 1.80. The van der Waals surface area contributed by atoms with Gasteiger partial charge in [-0.15, -0.1) is 0 Å². The Balaban J connectivity index is 0.000000784. The standard InChI is InChI=1S/C22H23IN2O5.C3H9NO/c23-25-22(29)30-13-19-16-5-2-4-15(12-27)21(16)17-8-7-14(11-18(17)19)3-1-6-20(28)24-9-10-26;1-4-2-3-5/h2,4-5,7-8,11-12,19,26H,1,3,6,9-10,13H2,(H,24,28)(H,25,29);4-5H,2-3H2,1H3. The van der Waals surface area contributed by atoms with E-state index < -0.39 is 6.09 Å². The number of aldehydes is 1. The number of aliphatic hydroxyl groups is 2. The molecular weight excluding hydrogens is 565 g/mol. The predicted octanol–water partition coefficient (Wildman–Crippen LogP) is 2.32. The summed E-state index contributed by atoms with van der Waals surface area (Å²) in [5.74, 6) is -0.235. The monoisotopic (exact) mass is 597 g/mol. The summed E-state index contributed by atoms with van der Waals surface area (Å²) >= 11 is 1.73. The van der Waals surface area contributed by atoms with Crippen LogP contribution in [0.25, 0.3) is 11.1 Å². The molecule has 2 aromatic rings. The second-order valence-electron chi connectivity index (χ2n) is 7.85. The molecule has 1 atom stereocenters. The van der Waals surface area contributed by atoms with Gasteiger partial charge in [-0.3, -0.25) is 13.1 Å². The van der Waals surface area contributed by atoms with Gasteiger partial charge in [0.25, 0.3) is 0 Å². The number of hydrogen-bond acceptors (Lipinski definition) is 7. The average Bonchev–Trinajstić information content (AvgIpc) is 3.19. The summed E-state index contributed by atoms with van der Waals surface area (Å²) in [5, 5.41) is 22.2. The molecule has 10 heteroatoms. The van der Waals surface area contributed by atoms with E-state index in [-0.39, 0.29) is 38.2 Å². The van der Waals surface area contributed by atoms with Gasteiger partial charge in [-0.25, -0.2) is 4.79 Å². The fourth-order valence-electron chi connectivity index (χ4n) is 3.95. The highest BCUT2D eigenvalue weighted by Crippen LogP contribution is 2.46. The van der Waals surface area contributed by atoms with Crippen LogP contribution in [-0.2, 0) is 16.0 Å². The number of likely N-dealkylation sites (N-methyl/N-ethyl adjacent to an activating group) is 1. The first kappa shape index (κ1) is 28.7. The zero-order valence-corrected chi connectivity index (χ0v) is 21.8. The highest BCUT2D eigenvalue weighted by Gasteiger charge is 2.31. The third-order valence-electron chi connectivity index (χ3n) is 5.52. The highest BCUT2D eigenvalue weighted by molar-refractivity contribution is 14.1. The Hall–Kier alpha value is -2.54. The lowest BCUT2D eigenvalue weighted by Gasteiger charge is -2.14. The van der Waals surface area contributed by atoms with Crippen LogP contribution in [0.15, 0.2) is 36.4 Å². The summed E-state index contributed by atoms with van der Waals surface area (Å²) in [6.45, 7) is 1.29. The summed E-state index contributed by atoms with van der Waals surface area (Å²) in [6, 6.07) is 11.7. The summed E-state index contributed by atoms with van der Waals surface area (Å²) in [4.78, 5) is 34.9. The molecule has 1 aliphatic carbocycles. The van der Waals surface area contributed by atoms with Crippen LogP contribution in [-0.4, -0.2) is 68.5 Å². The van der Waals surface area contributed by atoms with Crippen molar-refractivity contribution in [2.24, 2.45) is 0 Å². The Kier molecular flexibility index (Phi) is 12.7. The third-order valence-corrected chi connectivity index (χ3v) is 5.96. The molecule has 0 spiro atoms. The number of halogens is 1. The number of aliphatic hydroxyl groups excluding tert-OH is 2. The Bertz CT molecular complexity index is 999. The fraction of sp³-hybridized carbons (Fsp3) is 0.400. The maximum absolute atomic E-state index is 11.7. The smallest absolute Gasteiger partial charge is 0.415 e. The van der Waals surface area contributed by atoms with Crippen molar-refractivity contribution in [1.29, 1.82) is 0 Å². The van der Waals surface area contributed by atoms with E-state index in [0.29, 0.717) is 24.9 Å². The van der Waals surface area contributed by atoms with Gasteiger partial charge in [-0.2, -0.15) is 0 Å². The van der Waals surface area contributed by atoms with E-state index in [1.165, 1.54) is 0 Å². The normalized spacial score (nSPS) is 13.1. The molecule has 5 N–H and O–H groups in total. The van der Waals surface area contributed by atoms with Crippen LogP contribution in [0, 0.1) is 0 Å². The Labute approximate surface area is 219 Å². The van der Waals surface area contributed by atoms with Crippen LogP contribution in [0.5, 0.6) is 0 Å². The topological polar surface area (TPSA) is 137 Å². The van der Waals surface area contributed by atoms with Gasteiger partial charge in [0.2, 0.25) is 5.91 Å². The SMILES string of the molecule is CNCCO.O=Cc1cccc2c1-c1ccc(CCCC(=O)NCCO)cc1C2COC(=O)NI. The van der Waals surface area contributed by atoms with E-state index in [0.717, 1.165) is 40.5 Å². The summed E-state index contributed by atoms with van der Waals surface area (Å²) in [6.07, 6.45) is 2.12. The van der Waals surface area contributed by atoms with Crippen LogP contribution in [0.3, 0.4) is 0 Å². The van der Waals surface area contributed by atoms with Crippen LogP contribution in [0.4, 0.5) is 4.79 Å². The first-order valence-corrected chi connectivity index (χ1v) is 12.5. The number of ether oxygens (including phenoxy) is 1. The van der Waals surface area contributed by atoms with Gasteiger partial charge in [0.1, 0.15) is 6.61 Å². The average molecular weight is 597 g/mol. The molecule has 1 aliphatic rings. The quantitative estimate of drug-likeness (QED) is 0.152. The number of benzene rings is 2. The minimum absolute atomic E-state index is 0.0705. The number of carbonyl (C=O) groups is 3. The number of hydrogen-bond donors (Lipinski definition) is 5. The van der Waals surface area contributed by atoms with Crippen molar-refractivity contribution in [1.82, 2.24) is 14.2 Å². The predicted molar refractivity (Wildman–Crippen MR) is 142 cm³/mol. The van der Waals surface area contributed by atoms with Gasteiger partial charge in [0, 0.05) is 31.0 Å². The molecule has 0 saturated carbocycles. The fourth-order valence-corrected chi connectivity index (χ4v) is 4.11. The van der Waals surface area contributed by atoms with Gasteiger partial charge in [0.05, 0.1) is 36.1 Å². The zero-order valence-electron chi connectivity index (χ0n) is 19.7. The van der Waals surface area contributed by atoms with Crippen LogP contribution >= 0.6 is 22.9 Å². The van der Waals surface area contributed by atoms with Crippen molar-refractivity contribution < 1.29 is 29.3 Å². The van der Waals surface area contributed by atoms with Crippen molar-refractivity contribution >= 4 is 41.2 Å². The van der Waals surface area contributed by atoms with Crippen molar-refractivity contribution in [3.63, 3.8) is 0 Å². The van der Waals surface area contributed by atoms with E-state index in [4.69, 9.17) is 14.9 Å². The molecule has 0 bridgehead atoms. The van der Waals surface area contributed by atoms with Gasteiger partial charge in [0.15, 0.2) is 6.29 Å².